The zero-order valence-corrected chi connectivity index (χ0v) is 16.6. The average Bonchev–Trinajstić information content (AvgIpc) is 3.19. The van der Waals surface area contributed by atoms with Crippen LogP contribution in [-0.2, 0) is 11.2 Å². The van der Waals surface area contributed by atoms with Crippen molar-refractivity contribution in [3.05, 3.63) is 65.9 Å². The van der Waals surface area contributed by atoms with Gasteiger partial charge in [0.1, 0.15) is 11.4 Å². The molecule has 29 heavy (non-hydrogen) atoms. The van der Waals surface area contributed by atoms with Gasteiger partial charge in [0, 0.05) is 37.1 Å². The van der Waals surface area contributed by atoms with Crippen LogP contribution in [0.4, 0.5) is 0 Å². The number of carbonyl (C=O) groups is 2. The third kappa shape index (κ3) is 4.26. The Bertz CT molecular complexity index is 969. The molecule has 2 aromatic carbocycles. The summed E-state index contributed by atoms with van der Waals surface area (Å²) in [6, 6.07) is 17.4. The fourth-order valence-electron chi connectivity index (χ4n) is 3.67. The maximum absolute atomic E-state index is 12.8. The Kier molecular flexibility index (Phi) is 5.51. The quantitative estimate of drug-likeness (QED) is 0.727. The van der Waals surface area contributed by atoms with Gasteiger partial charge in [-0.1, -0.05) is 30.3 Å². The molecule has 0 spiro atoms. The number of piperazine rings is 1. The zero-order chi connectivity index (χ0) is 20.2. The van der Waals surface area contributed by atoms with Crippen molar-refractivity contribution in [3.8, 4) is 5.75 Å². The second-order valence-corrected chi connectivity index (χ2v) is 7.20. The first-order valence-corrected chi connectivity index (χ1v) is 10.0. The number of para-hydroxylation sites is 1. The number of rotatable bonds is 5. The number of aromatic amines is 1. The molecular formula is C23H25N3O3. The van der Waals surface area contributed by atoms with E-state index in [9.17, 15) is 9.59 Å². The minimum absolute atomic E-state index is 0.0141. The summed E-state index contributed by atoms with van der Waals surface area (Å²) in [5, 5.41) is 1.03. The van der Waals surface area contributed by atoms with Crippen molar-refractivity contribution in [1.82, 2.24) is 14.8 Å². The normalized spacial score (nSPS) is 14.2. The van der Waals surface area contributed by atoms with E-state index in [1.165, 1.54) is 0 Å². The largest absolute Gasteiger partial charge is 0.494 e. The lowest BCUT2D eigenvalue weighted by Crippen LogP contribution is -2.51. The maximum Gasteiger partial charge on any atom is 0.270 e. The van der Waals surface area contributed by atoms with E-state index in [1.54, 1.807) is 0 Å². The van der Waals surface area contributed by atoms with E-state index in [4.69, 9.17) is 4.74 Å². The molecule has 6 nitrogen and oxygen atoms in total. The topological polar surface area (TPSA) is 65.6 Å². The lowest BCUT2D eigenvalue weighted by atomic mass is 10.1. The summed E-state index contributed by atoms with van der Waals surface area (Å²) in [6.07, 6.45) is 0.363. The summed E-state index contributed by atoms with van der Waals surface area (Å²) < 4.78 is 5.44. The summed E-state index contributed by atoms with van der Waals surface area (Å²) in [4.78, 5) is 32.3. The number of ether oxygens (including phenoxy) is 1. The van der Waals surface area contributed by atoms with Crippen LogP contribution in [0.3, 0.4) is 0 Å². The minimum atomic E-state index is -0.0141. The van der Waals surface area contributed by atoms with Gasteiger partial charge in [0.25, 0.3) is 5.91 Å². The SMILES string of the molecule is CCOc1ccc(CC(=O)N2CCN(C(=O)c3cc4ccccc4[nH]3)CC2)cc1. The number of amides is 2. The first-order chi connectivity index (χ1) is 14.1. The van der Waals surface area contributed by atoms with Crippen LogP contribution in [0.1, 0.15) is 23.0 Å². The highest BCUT2D eigenvalue weighted by Gasteiger charge is 2.25. The van der Waals surface area contributed by atoms with Crippen LogP contribution in [0.25, 0.3) is 10.9 Å². The van der Waals surface area contributed by atoms with Crippen LogP contribution in [0.5, 0.6) is 5.75 Å². The van der Waals surface area contributed by atoms with Gasteiger partial charge in [-0.05, 0) is 36.8 Å². The first kappa shape index (κ1) is 19.1. The number of fused-ring (bicyclic) bond motifs is 1. The number of aromatic nitrogens is 1. The van der Waals surface area contributed by atoms with E-state index >= 15 is 0 Å². The summed E-state index contributed by atoms with van der Waals surface area (Å²) in [5.41, 5.74) is 2.52. The van der Waals surface area contributed by atoms with Crippen molar-refractivity contribution < 1.29 is 14.3 Å². The summed E-state index contributed by atoms with van der Waals surface area (Å²) in [6.45, 7) is 4.77. The molecule has 0 atom stereocenters. The molecule has 1 aliphatic rings. The third-order valence-electron chi connectivity index (χ3n) is 5.27. The summed E-state index contributed by atoms with van der Waals surface area (Å²) in [5.74, 6) is 0.888. The lowest BCUT2D eigenvalue weighted by molar-refractivity contribution is -0.131. The Morgan fingerprint density at radius 3 is 2.34 bits per heavy atom. The van der Waals surface area contributed by atoms with Gasteiger partial charge in [-0.25, -0.2) is 0 Å². The Balaban J connectivity index is 1.32. The zero-order valence-electron chi connectivity index (χ0n) is 16.6. The molecule has 1 N–H and O–H groups in total. The highest BCUT2D eigenvalue weighted by molar-refractivity contribution is 5.98. The standard InChI is InChI=1S/C23H25N3O3/c1-2-29-19-9-7-17(8-10-19)15-22(27)25-11-13-26(14-12-25)23(28)21-16-18-5-3-4-6-20(18)24-21/h3-10,16,24H,2,11-15H2,1H3. The predicted octanol–water partition coefficient (Wildman–Crippen LogP) is 3.09. The summed E-state index contributed by atoms with van der Waals surface area (Å²) >= 11 is 0. The number of nitrogens with one attached hydrogen (secondary N) is 1. The fourth-order valence-corrected chi connectivity index (χ4v) is 3.67. The molecule has 0 unspecified atom stereocenters. The molecule has 1 aliphatic heterocycles. The fraction of sp³-hybridized carbons (Fsp3) is 0.304. The monoisotopic (exact) mass is 391 g/mol. The predicted molar refractivity (Wildman–Crippen MR) is 112 cm³/mol. The second kappa shape index (κ2) is 8.39. The van der Waals surface area contributed by atoms with Crippen LogP contribution in [-0.4, -0.2) is 59.4 Å². The number of hydrogen-bond acceptors (Lipinski definition) is 3. The molecule has 150 valence electrons. The molecule has 3 aromatic rings. The van der Waals surface area contributed by atoms with Crippen LogP contribution in [0, 0.1) is 0 Å². The van der Waals surface area contributed by atoms with Gasteiger partial charge in [-0.3, -0.25) is 9.59 Å². The van der Waals surface area contributed by atoms with E-state index in [0.29, 0.717) is 44.9 Å². The van der Waals surface area contributed by atoms with E-state index in [2.05, 4.69) is 4.98 Å². The third-order valence-corrected chi connectivity index (χ3v) is 5.27. The van der Waals surface area contributed by atoms with Crippen molar-refractivity contribution in [2.45, 2.75) is 13.3 Å². The molecule has 1 saturated heterocycles. The van der Waals surface area contributed by atoms with Crippen molar-refractivity contribution in [1.29, 1.82) is 0 Å². The molecule has 0 saturated carbocycles. The van der Waals surface area contributed by atoms with Crippen molar-refractivity contribution in [3.63, 3.8) is 0 Å². The molecule has 0 aliphatic carbocycles. The average molecular weight is 391 g/mol. The van der Waals surface area contributed by atoms with Crippen LogP contribution < -0.4 is 4.74 Å². The van der Waals surface area contributed by atoms with Gasteiger partial charge in [0.2, 0.25) is 5.91 Å². The van der Waals surface area contributed by atoms with Gasteiger partial charge >= 0.3 is 0 Å². The molecule has 1 aromatic heterocycles. The Labute approximate surface area is 170 Å². The molecule has 6 heteroatoms. The van der Waals surface area contributed by atoms with Crippen LogP contribution >= 0.6 is 0 Å². The molecule has 2 heterocycles. The number of benzene rings is 2. The smallest absolute Gasteiger partial charge is 0.270 e. The van der Waals surface area contributed by atoms with Crippen molar-refractivity contribution in [2.75, 3.05) is 32.8 Å². The maximum atomic E-state index is 12.8. The first-order valence-electron chi connectivity index (χ1n) is 10.0. The highest BCUT2D eigenvalue weighted by Crippen LogP contribution is 2.17. The Morgan fingerprint density at radius 2 is 1.66 bits per heavy atom. The minimum Gasteiger partial charge on any atom is -0.494 e. The Morgan fingerprint density at radius 1 is 0.966 bits per heavy atom. The van der Waals surface area contributed by atoms with E-state index in [-0.39, 0.29) is 11.8 Å². The molecular weight excluding hydrogens is 366 g/mol. The van der Waals surface area contributed by atoms with Crippen LogP contribution in [0.15, 0.2) is 54.6 Å². The number of hydrogen-bond donors (Lipinski definition) is 1. The summed E-state index contributed by atoms with van der Waals surface area (Å²) in [7, 11) is 0. The van der Waals surface area contributed by atoms with Crippen molar-refractivity contribution in [2.24, 2.45) is 0 Å². The van der Waals surface area contributed by atoms with E-state index in [1.807, 2.05) is 71.3 Å². The van der Waals surface area contributed by atoms with Gasteiger partial charge in [0.15, 0.2) is 0 Å². The number of carbonyl (C=O) groups excluding carboxylic acids is 2. The Hall–Kier alpha value is -3.28. The number of nitrogens with zero attached hydrogens (tertiary/aromatic N) is 2. The van der Waals surface area contributed by atoms with E-state index in [0.717, 1.165) is 22.2 Å². The van der Waals surface area contributed by atoms with Crippen LogP contribution in [0.2, 0.25) is 0 Å². The van der Waals surface area contributed by atoms with Gasteiger partial charge in [0.05, 0.1) is 13.0 Å². The molecule has 4 rings (SSSR count). The second-order valence-electron chi connectivity index (χ2n) is 7.20. The van der Waals surface area contributed by atoms with E-state index < -0.39 is 0 Å². The number of H-pyrrole nitrogens is 1. The molecule has 2 amide bonds. The molecule has 1 fully saturated rings. The van der Waals surface area contributed by atoms with Crippen molar-refractivity contribution >= 4 is 22.7 Å². The highest BCUT2D eigenvalue weighted by atomic mass is 16.5. The van der Waals surface area contributed by atoms with Gasteiger partial charge < -0.3 is 19.5 Å². The van der Waals surface area contributed by atoms with Gasteiger partial charge in [-0.2, -0.15) is 0 Å². The lowest BCUT2D eigenvalue weighted by Gasteiger charge is -2.34. The van der Waals surface area contributed by atoms with Gasteiger partial charge in [-0.15, -0.1) is 0 Å². The molecule has 0 bridgehead atoms. The molecule has 0 radical (unpaired) electrons.